The van der Waals surface area contributed by atoms with E-state index in [9.17, 15) is 22.8 Å². The number of ether oxygens (including phenoxy) is 1. The Balaban J connectivity index is 1.74. The molecule has 1 heterocycles. The van der Waals surface area contributed by atoms with Gasteiger partial charge in [-0.25, -0.2) is 13.2 Å². The predicted octanol–water partition coefficient (Wildman–Crippen LogP) is 2.19. The number of rotatable bonds is 5. The Morgan fingerprint density at radius 1 is 1.15 bits per heavy atom. The van der Waals surface area contributed by atoms with Crippen molar-refractivity contribution in [2.24, 2.45) is 0 Å². The van der Waals surface area contributed by atoms with Crippen molar-refractivity contribution in [3.05, 3.63) is 59.2 Å². The lowest BCUT2D eigenvalue weighted by Gasteiger charge is -2.09. The minimum absolute atomic E-state index is 0.120. The molecular formula is C19H17NO6S. The lowest BCUT2D eigenvalue weighted by molar-refractivity contribution is -0.116. The Hall–Kier alpha value is -3.00. The summed E-state index contributed by atoms with van der Waals surface area (Å²) in [5, 5.41) is 2.71. The number of esters is 1. The maximum atomic E-state index is 12.3. The number of Topliss-reactive ketones (excluding diaryl/α,β-unsaturated/α-hetero) is 1. The van der Waals surface area contributed by atoms with E-state index in [2.05, 4.69) is 5.32 Å². The van der Waals surface area contributed by atoms with Gasteiger partial charge >= 0.3 is 5.97 Å². The molecule has 0 saturated heterocycles. The van der Waals surface area contributed by atoms with Crippen molar-refractivity contribution in [3.8, 4) is 0 Å². The molecule has 3 rings (SSSR count). The minimum Gasteiger partial charge on any atom is -0.454 e. The SMILES string of the molecule is C[C@@H]1C(=O)Nc2ccc(C(=O)COC(=O)c3ccccc3S(C)(=O)=O)cc21. The van der Waals surface area contributed by atoms with Crippen LogP contribution >= 0.6 is 0 Å². The molecule has 0 unspecified atom stereocenters. The molecule has 140 valence electrons. The third kappa shape index (κ3) is 3.75. The Labute approximate surface area is 156 Å². The van der Waals surface area contributed by atoms with Gasteiger partial charge in [0.1, 0.15) is 0 Å². The number of benzene rings is 2. The summed E-state index contributed by atoms with van der Waals surface area (Å²) < 4.78 is 28.6. The van der Waals surface area contributed by atoms with Crippen molar-refractivity contribution in [1.82, 2.24) is 0 Å². The van der Waals surface area contributed by atoms with Gasteiger partial charge in [0.05, 0.1) is 16.4 Å². The Morgan fingerprint density at radius 3 is 2.56 bits per heavy atom. The smallest absolute Gasteiger partial charge is 0.339 e. The number of anilines is 1. The van der Waals surface area contributed by atoms with E-state index in [4.69, 9.17) is 4.74 Å². The molecule has 1 amide bonds. The molecule has 8 heteroatoms. The van der Waals surface area contributed by atoms with Gasteiger partial charge in [-0.05, 0) is 42.8 Å². The molecule has 0 saturated carbocycles. The number of sulfone groups is 1. The van der Waals surface area contributed by atoms with E-state index in [1.807, 2.05) is 0 Å². The van der Waals surface area contributed by atoms with Gasteiger partial charge in [-0.1, -0.05) is 12.1 Å². The summed E-state index contributed by atoms with van der Waals surface area (Å²) in [4.78, 5) is 36.1. The first-order chi connectivity index (χ1) is 12.7. The average molecular weight is 387 g/mol. The third-order valence-electron chi connectivity index (χ3n) is 4.33. The molecule has 0 aromatic heterocycles. The standard InChI is InChI=1S/C19H17NO6S/c1-11-14-9-12(7-8-15(14)20-18(11)22)16(21)10-26-19(23)13-5-3-4-6-17(13)27(2,24)25/h3-9,11H,10H2,1-2H3,(H,20,22)/t11-/m0/s1. The number of hydrogen-bond donors (Lipinski definition) is 1. The summed E-state index contributed by atoms with van der Waals surface area (Å²) in [6.45, 7) is 1.20. The van der Waals surface area contributed by atoms with Crippen LogP contribution in [0.5, 0.6) is 0 Å². The molecule has 0 fully saturated rings. The maximum absolute atomic E-state index is 12.3. The van der Waals surface area contributed by atoms with E-state index in [-0.39, 0.29) is 22.3 Å². The zero-order valence-electron chi connectivity index (χ0n) is 14.7. The molecule has 0 radical (unpaired) electrons. The summed E-state index contributed by atoms with van der Waals surface area (Å²) >= 11 is 0. The van der Waals surface area contributed by atoms with E-state index >= 15 is 0 Å². The molecule has 0 bridgehead atoms. The predicted molar refractivity (Wildman–Crippen MR) is 97.7 cm³/mol. The van der Waals surface area contributed by atoms with Gasteiger partial charge < -0.3 is 10.1 Å². The molecule has 2 aromatic carbocycles. The van der Waals surface area contributed by atoms with Crippen molar-refractivity contribution in [3.63, 3.8) is 0 Å². The van der Waals surface area contributed by atoms with Gasteiger partial charge in [-0.2, -0.15) is 0 Å². The van der Waals surface area contributed by atoms with Crippen molar-refractivity contribution in [1.29, 1.82) is 0 Å². The zero-order chi connectivity index (χ0) is 19.8. The number of fused-ring (bicyclic) bond motifs is 1. The fourth-order valence-electron chi connectivity index (χ4n) is 2.84. The number of nitrogens with one attached hydrogen (secondary N) is 1. The highest BCUT2D eigenvalue weighted by Crippen LogP contribution is 2.32. The second-order valence-electron chi connectivity index (χ2n) is 6.28. The molecule has 27 heavy (non-hydrogen) atoms. The Bertz CT molecular complexity index is 1060. The highest BCUT2D eigenvalue weighted by atomic mass is 32.2. The molecule has 0 spiro atoms. The van der Waals surface area contributed by atoms with E-state index in [0.29, 0.717) is 16.8 Å². The van der Waals surface area contributed by atoms with Crippen LogP contribution in [0.25, 0.3) is 0 Å². The highest BCUT2D eigenvalue weighted by Gasteiger charge is 2.27. The van der Waals surface area contributed by atoms with E-state index in [0.717, 1.165) is 6.26 Å². The van der Waals surface area contributed by atoms with Gasteiger partial charge in [0.25, 0.3) is 0 Å². The van der Waals surface area contributed by atoms with Crippen molar-refractivity contribution < 1.29 is 27.5 Å². The quantitative estimate of drug-likeness (QED) is 0.623. The van der Waals surface area contributed by atoms with Gasteiger partial charge in [-0.15, -0.1) is 0 Å². The molecule has 1 aliphatic heterocycles. The lowest BCUT2D eigenvalue weighted by Crippen LogP contribution is -2.16. The average Bonchev–Trinajstić information content (AvgIpc) is 2.92. The van der Waals surface area contributed by atoms with Crippen LogP contribution in [0.2, 0.25) is 0 Å². The van der Waals surface area contributed by atoms with Gasteiger partial charge in [0.2, 0.25) is 5.91 Å². The van der Waals surface area contributed by atoms with Gasteiger partial charge in [-0.3, -0.25) is 9.59 Å². The molecular weight excluding hydrogens is 370 g/mol. The second kappa shape index (κ2) is 6.96. The zero-order valence-corrected chi connectivity index (χ0v) is 15.5. The molecule has 2 aromatic rings. The van der Waals surface area contributed by atoms with Gasteiger partial charge in [0, 0.05) is 17.5 Å². The van der Waals surface area contributed by atoms with Crippen molar-refractivity contribution >= 4 is 33.2 Å². The topological polar surface area (TPSA) is 107 Å². The fraction of sp³-hybridized carbons (Fsp3) is 0.211. The monoisotopic (exact) mass is 387 g/mol. The maximum Gasteiger partial charge on any atom is 0.339 e. The number of carbonyl (C=O) groups excluding carboxylic acids is 3. The molecule has 1 N–H and O–H groups in total. The van der Waals surface area contributed by atoms with Crippen LogP contribution in [0.3, 0.4) is 0 Å². The van der Waals surface area contributed by atoms with Crippen LogP contribution in [0.4, 0.5) is 5.69 Å². The summed E-state index contributed by atoms with van der Waals surface area (Å²) in [6.07, 6.45) is 0.991. The summed E-state index contributed by atoms with van der Waals surface area (Å²) in [5.41, 5.74) is 1.55. The van der Waals surface area contributed by atoms with Crippen LogP contribution in [-0.2, 0) is 19.4 Å². The number of ketones is 1. The van der Waals surface area contributed by atoms with Crippen LogP contribution in [0, 0.1) is 0 Å². The summed E-state index contributed by atoms with van der Waals surface area (Å²) in [5.74, 6) is -1.85. The number of carbonyl (C=O) groups is 3. The Kier molecular flexibility index (Phi) is 4.84. The number of hydrogen-bond acceptors (Lipinski definition) is 6. The fourth-order valence-corrected chi connectivity index (χ4v) is 3.72. The molecule has 7 nitrogen and oxygen atoms in total. The normalized spacial score (nSPS) is 15.8. The number of amides is 1. The van der Waals surface area contributed by atoms with E-state index in [1.54, 1.807) is 19.1 Å². The van der Waals surface area contributed by atoms with Gasteiger partial charge in [0.15, 0.2) is 22.2 Å². The summed E-state index contributed by atoms with van der Waals surface area (Å²) in [6, 6.07) is 10.4. The van der Waals surface area contributed by atoms with Crippen LogP contribution in [0.1, 0.15) is 39.1 Å². The van der Waals surface area contributed by atoms with Crippen molar-refractivity contribution in [2.45, 2.75) is 17.7 Å². The largest absolute Gasteiger partial charge is 0.454 e. The van der Waals surface area contributed by atoms with Crippen LogP contribution in [-0.4, -0.2) is 38.9 Å². The minimum atomic E-state index is -3.61. The second-order valence-corrected chi connectivity index (χ2v) is 8.26. The molecule has 0 aliphatic carbocycles. The van der Waals surface area contributed by atoms with E-state index < -0.39 is 28.2 Å². The van der Waals surface area contributed by atoms with Crippen LogP contribution < -0.4 is 5.32 Å². The molecule has 1 aliphatic rings. The molecule has 1 atom stereocenters. The first kappa shape index (κ1) is 18.8. The first-order valence-corrected chi connectivity index (χ1v) is 10.0. The first-order valence-electron chi connectivity index (χ1n) is 8.12. The lowest BCUT2D eigenvalue weighted by atomic mass is 9.99. The van der Waals surface area contributed by atoms with E-state index in [1.165, 1.54) is 30.3 Å². The van der Waals surface area contributed by atoms with Crippen LogP contribution in [0.15, 0.2) is 47.4 Å². The van der Waals surface area contributed by atoms with Crippen molar-refractivity contribution in [2.75, 3.05) is 18.2 Å². The third-order valence-corrected chi connectivity index (χ3v) is 5.49. The Morgan fingerprint density at radius 2 is 1.85 bits per heavy atom. The highest BCUT2D eigenvalue weighted by molar-refractivity contribution is 7.90. The summed E-state index contributed by atoms with van der Waals surface area (Å²) in [7, 11) is -3.61.